The summed E-state index contributed by atoms with van der Waals surface area (Å²) in [4.78, 5) is 12.3. The maximum absolute atomic E-state index is 12.3. The Balaban J connectivity index is 2.08. The molecule has 2 aromatic rings. The third kappa shape index (κ3) is 4.79. The molecule has 2 aromatic carbocycles. The number of carbonyl (C=O) groups is 1. The fourth-order valence-electron chi connectivity index (χ4n) is 2.66. The molecule has 0 aliphatic rings. The van der Waals surface area contributed by atoms with Gasteiger partial charge in [0, 0.05) is 11.6 Å². The summed E-state index contributed by atoms with van der Waals surface area (Å²) in [7, 11) is 4.79. The fraction of sp³-hybridized carbons (Fsp3) is 0.286. The first-order valence-electron chi connectivity index (χ1n) is 8.33. The Morgan fingerprint density at radius 3 is 2.27 bits per heavy atom. The maximum atomic E-state index is 12.3. The summed E-state index contributed by atoms with van der Waals surface area (Å²) in [5.74, 6) is 1.84. The van der Waals surface area contributed by atoms with Crippen LogP contribution in [0, 0.1) is 6.92 Å². The van der Waals surface area contributed by atoms with Crippen LogP contribution in [0.2, 0.25) is 0 Å². The topological polar surface area (TPSA) is 56.8 Å². The van der Waals surface area contributed by atoms with Crippen molar-refractivity contribution in [3.05, 3.63) is 59.2 Å². The van der Waals surface area contributed by atoms with Gasteiger partial charge in [0.05, 0.1) is 27.4 Å². The third-order valence-electron chi connectivity index (χ3n) is 4.05. The Hall–Kier alpha value is -2.95. The molecule has 0 bridgehead atoms. The Labute approximate surface area is 154 Å². The highest BCUT2D eigenvalue weighted by molar-refractivity contribution is 5.92. The van der Waals surface area contributed by atoms with E-state index in [0.29, 0.717) is 11.5 Å². The van der Waals surface area contributed by atoms with Crippen LogP contribution in [0.4, 0.5) is 0 Å². The third-order valence-corrected chi connectivity index (χ3v) is 4.05. The van der Waals surface area contributed by atoms with Gasteiger partial charge < -0.3 is 19.5 Å². The molecule has 1 atom stereocenters. The van der Waals surface area contributed by atoms with Gasteiger partial charge in [0.2, 0.25) is 5.91 Å². The Kier molecular flexibility index (Phi) is 6.67. The van der Waals surface area contributed by atoms with Crippen LogP contribution < -0.4 is 19.5 Å². The maximum Gasteiger partial charge on any atom is 0.244 e. The van der Waals surface area contributed by atoms with Crippen molar-refractivity contribution in [1.29, 1.82) is 0 Å². The van der Waals surface area contributed by atoms with E-state index in [9.17, 15) is 4.79 Å². The zero-order chi connectivity index (χ0) is 19.1. The van der Waals surface area contributed by atoms with Crippen LogP contribution in [0.3, 0.4) is 0 Å². The Bertz CT molecular complexity index is 799. The minimum absolute atomic E-state index is 0.174. The van der Waals surface area contributed by atoms with Gasteiger partial charge in [0.25, 0.3) is 0 Å². The van der Waals surface area contributed by atoms with Gasteiger partial charge >= 0.3 is 0 Å². The van der Waals surface area contributed by atoms with Gasteiger partial charge in [-0.25, -0.2) is 0 Å². The highest BCUT2D eigenvalue weighted by Gasteiger charge is 2.13. The molecule has 0 aliphatic carbocycles. The van der Waals surface area contributed by atoms with Crippen molar-refractivity contribution in [2.24, 2.45) is 0 Å². The van der Waals surface area contributed by atoms with Crippen molar-refractivity contribution in [3.8, 4) is 17.2 Å². The number of methoxy groups -OCH3 is 3. The average molecular weight is 355 g/mol. The second-order valence-corrected chi connectivity index (χ2v) is 5.92. The molecule has 0 saturated carbocycles. The lowest BCUT2D eigenvalue weighted by Crippen LogP contribution is -2.25. The number of ether oxygens (including phenoxy) is 3. The van der Waals surface area contributed by atoms with Crippen molar-refractivity contribution in [2.75, 3.05) is 21.3 Å². The van der Waals surface area contributed by atoms with Crippen molar-refractivity contribution in [3.63, 3.8) is 0 Å². The second-order valence-electron chi connectivity index (χ2n) is 5.92. The quantitative estimate of drug-likeness (QED) is 0.765. The molecule has 138 valence electrons. The van der Waals surface area contributed by atoms with Gasteiger partial charge in [-0.05, 0) is 43.7 Å². The monoisotopic (exact) mass is 355 g/mol. The standard InChI is InChI=1S/C21H25NO4/c1-14-6-9-18(24-3)17(12-14)15(2)22-21(23)11-8-16-7-10-19(25-4)20(13-16)26-5/h6-13,15H,1-5H3,(H,22,23)/b11-8+/t15-/m1/s1. The first kappa shape index (κ1) is 19.4. The number of benzene rings is 2. The number of carbonyl (C=O) groups excluding carboxylic acids is 1. The molecule has 0 aromatic heterocycles. The van der Waals surface area contributed by atoms with Crippen LogP contribution in [0.5, 0.6) is 17.2 Å². The van der Waals surface area contributed by atoms with E-state index in [1.165, 1.54) is 6.08 Å². The van der Waals surface area contributed by atoms with Crippen LogP contribution in [0.15, 0.2) is 42.5 Å². The molecule has 0 aliphatic heterocycles. The van der Waals surface area contributed by atoms with Gasteiger partial charge in [0.1, 0.15) is 5.75 Å². The summed E-state index contributed by atoms with van der Waals surface area (Å²) in [5.41, 5.74) is 2.90. The summed E-state index contributed by atoms with van der Waals surface area (Å²) in [6.45, 7) is 3.94. The van der Waals surface area contributed by atoms with Gasteiger partial charge in [-0.3, -0.25) is 4.79 Å². The minimum Gasteiger partial charge on any atom is -0.496 e. The Morgan fingerprint density at radius 2 is 1.62 bits per heavy atom. The van der Waals surface area contributed by atoms with Gasteiger partial charge in [-0.1, -0.05) is 23.8 Å². The lowest BCUT2D eigenvalue weighted by Gasteiger charge is -2.17. The van der Waals surface area contributed by atoms with E-state index in [0.717, 1.165) is 22.4 Å². The van der Waals surface area contributed by atoms with E-state index in [4.69, 9.17) is 14.2 Å². The number of rotatable bonds is 7. The molecule has 1 amide bonds. The number of amides is 1. The second kappa shape index (κ2) is 8.94. The summed E-state index contributed by atoms with van der Waals surface area (Å²) in [6, 6.07) is 11.2. The van der Waals surface area contributed by atoms with E-state index in [1.54, 1.807) is 33.5 Å². The summed E-state index contributed by atoms with van der Waals surface area (Å²) >= 11 is 0. The first-order chi connectivity index (χ1) is 12.5. The van der Waals surface area contributed by atoms with Crippen LogP contribution >= 0.6 is 0 Å². The predicted octanol–water partition coefficient (Wildman–Crippen LogP) is 3.91. The fourth-order valence-corrected chi connectivity index (χ4v) is 2.66. The average Bonchev–Trinajstić information content (AvgIpc) is 2.65. The lowest BCUT2D eigenvalue weighted by molar-refractivity contribution is -0.117. The van der Waals surface area contributed by atoms with Crippen molar-refractivity contribution in [1.82, 2.24) is 5.32 Å². The molecular weight excluding hydrogens is 330 g/mol. The first-order valence-corrected chi connectivity index (χ1v) is 8.33. The number of hydrogen-bond donors (Lipinski definition) is 1. The van der Waals surface area contributed by atoms with E-state index >= 15 is 0 Å². The number of aryl methyl sites for hydroxylation is 1. The normalized spacial score (nSPS) is 11.9. The zero-order valence-electron chi connectivity index (χ0n) is 15.8. The van der Waals surface area contributed by atoms with Crippen LogP contribution in [-0.4, -0.2) is 27.2 Å². The highest BCUT2D eigenvalue weighted by atomic mass is 16.5. The van der Waals surface area contributed by atoms with Crippen LogP contribution in [0.25, 0.3) is 6.08 Å². The molecule has 0 fully saturated rings. The molecule has 0 radical (unpaired) electrons. The number of hydrogen-bond acceptors (Lipinski definition) is 4. The number of nitrogens with one attached hydrogen (secondary N) is 1. The van der Waals surface area contributed by atoms with E-state index in [-0.39, 0.29) is 11.9 Å². The summed E-state index contributed by atoms with van der Waals surface area (Å²) in [6.07, 6.45) is 3.23. The molecule has 0 saturated heterocycles. The van der Waals surface area contributed by atoms with Gasteiger partial charge in [0.15, 0.2) is 11.5 Å². The summed E-state index contributed by atoms with van der Waals surface area (Å²) in [5, 5.41) is 2.96. The molecular formula is C21H25NO4. The largest absolute Gasteiger partial charge is 0.496 e. The van der Waals surface area contributed by atoms with Crippen molar-refractivity contribution >= 4 is 12.0 Å². The molecule has 2 rings (SSSR count). The van der Waals surface area contributed by atoms with E-state index in [2.05, 4.69) is 5.32 Å². The molecule has 0 unspecified atom stereocenters. The SMILES string of the molecule is COc1ccc(/C=C/C(=O)N[C@H](C)c2cc(C)ccc2OC)cc1OC. The lowest BCUT2D eigenvalue weighted by atomic mass is 10.0. The highest BCUT2D eigenvalue weighted by Crippen LogP contribution is 2.28. The minimum atomic E-state index is -0.184. The molecule has 5 nitrogen and oxygen atoms in total. The molecule has 26 heavy (non-hydrogen) atoms. The predicted molar refractivity (Wildman–Crippen MR) is 103 cm³/mol. The van der Waals surface area contributed by atoms with Crippen LogP contribution in [0.1, 0.15) is 29.7 Å². The molecule has 1 N–H and O–H groups in total. The van der Waals surface area contributed by atoms with Crippen molar-refractivity contribution < 1.29 is 19.0 Å². The zero-order valence-corrected chi connectivity index (χ0v) is 15.8. The van der Waals surface area contributed by atoms with E-state index in [1.807, 2.05) is 44.2 Å². The van der Waals surface area contributed by atoms with Crippen molar-refractivity contribution in [2.45, 2.75) is 19.9 Å². The smallest absolute Gasteiger partial charge is 0.244 e. The molecule has 5 heteroatoms. The van der Waals surface area contributed by atoms with Gasteiger partial charge in [-0.2, -0.15) is 0 Å². The van der Waals surface area contributed by atoms with Crippen LogP contribution in [-0.2, 0) is 4.79 Å². The van der Waals surface area contributed by atoms with Gasteiger partial charge in [-0.15, -0.1) is 0 Å². The Morgan fingerprint density at radius 1 is 0.962 bits per heavy atom. The molecule has 0 spiro atoms. The summed E-state index contributed by atoms with van der Waals surface area (Å²) < 4.78 is 15.9. The van der Waals surface area contributed by atoms with E-state index < -0.39 is 0 Å². The molecule has 0 heterocycles.